The predicted octanol–water partition coefficient (Wildman–Crippen LogP) is 3.77. The van der Waals surface area contributed by atoms with Crippen LogP contribution in [0.4, 0.5) is 0 Å². The summed E-state index contributed by atoms with van der Waals surface area (Å²) in [4.78, 5) is 15.3. The summed E-state index contributed by atoms with van der Waals surface area (Å²) in [6.45, 7) is 5.70. The van der Waals surface area contributed by atoms with Crippen molar-refractivity contribution in [3.05, 3.63) is 64.7 Å². The average Bonchev–Trinajstić information content (AvgIpc) is 2.55. The molecule has 0 heterocycles. The van der Waals surface area contributed by atoms with Crippen LogP contribution in [0.2, 0.25) is 0 Å². The number of nitrogens with one attached hydrogen (secondary N) is 1. The Labute approximate surface area is 149 Å². The number of rotatable bonds is 7. The Hall–Kier alpha value is -1.78. The molecule has 0 bridgehead atoms. The van der Waals surface area contributed by atoms with Gasteiger partial charge >= 0.3 is 0 Å². The third-order valence-electron chi connectivity index (χ3n) is 3.86. The van der Waals surface area contributed by atoms with Crippen LogP contribution in [0.15, 0.2) is 47.4 Å². The second kappa shape index (κ2) is 8.90. The molecule has 2 rings (SSSR count). The van der Waals surface area contributed by atoms with Crippen molar-refractivity contribution in [3.63, 3.8) is 0 Å². The van der Waals surface area contributed by atoms with E-state index in [2.05, 4.69) is 80.6 Å². The molecular weight excluding hydrogens is 316 g/mol. The molecule has 4 heteroatoms. The van der Waals surface area contributed by atoms with Crippen LogP contribution in [0.1, 0.15) is 22.3 Å². The van der Waals surface area contributed by atoms with E-state index in [0.717, 1.165) is 17.0 Å². The van der Waals surface area contributed by atoms with Gasteiger partial charge in [-0.15, -0.1) is 11.8 Å². The Morgan fingerprint density at radius 2 is 1.67 bits per heavy atom. The van der Waals surface area contributed by atoms with E-state index in [9.17, 15) is 4.79 Å². The largest absolute Gasteiger partial charge is 0.351 e. The standard InChI is InChI=1S/C20H26N2OS/c1-15-5-10-19(11-16(15)2)24-14-20(23)21-12-17-6-8-18(9-7-17)13-22(3)4/h5-11H,12-14H2,1-4H3,(H,21,23). The molecule has 1 amide bonds. The quantitative estimate of drug-likeness (QED) is 0.777. The van der Waals surface area contributed by atoms with Crippen molar-refractivity contribution in [2.24, 2.45) is 0 Å². The first kappa shape index (κ1) is 18.6. The lowest BCUT2D eigenvalue weighted by Crippen LogP contribution is -2.24. The van der Waals surface area contributed by atoms with Crippen molar-refractivity contribution in [2.45, 2.75) is 31.8 Å². The molecule has 24 heavy (non-hydrogen) atoms. The molecule has 0 fully saturated rings. The third-order valence-corrected chi connectivity index (χ3v) is 4.85. The number of hydrogen-bond donors (Lipinski definition) is 1. The summed E-state index contributed by atoms with van der Waals surface area (Å²) in [6.07, 6.45) is 0. The van der Waals surface area contributed by atoms with E-state index in [1.165, 1.54) is 16.7 Å². The highest BCUT2D eigenvalue weighted by Gasteiger charge is 2.04. The summed E-state index contributed by atoms with van der Waals surface area (Å²) in [5.41, 5.74) is 4.95. The fourth-order valence-electron chi connectivity index (χ4n) is 2.33. The summed E-state index contributed by atoms with van der Waals surface area (Å²) in [6, 6.07) is 14.7. The Kier molecular flexibility index (Phi) is 6.88. The Bertz CT molecular complexity index is 681. The molecular formula is C20H26N2OS. The monoisotopic (exact) mass is 342 g/mol. The van der Waals surface area contributed by atoms with E-state index in [-0.39, 0.29) is 5.91 Å². The summed E-state index contributed by atoms with van der Waals surface area (Å²) >= 11 is 1.58. The molecule has 0 saturated carbocycles. The van der Waals surface area contributed by atoms with Gasteiger partial charge in [0, 0.05) is 18.0 Å². The molecule has 2 aromatic carbocycles. The van der Waals surface area contributed by atoms with Crippen LogP contribution in [0.5, 0.6) is 0 Å². The van der Waals surface area contributed by atoms with Crippen molar-refractivity contribution >= 4 is 17.7 Å². The summed E-state index contributed by atoms with van der Waals surface area (Å²) in [5.74, 6) is 0.511. The first-order valence-electron chi connectivity index (χ1n) is 8.13. The summed E-state index contributed by atoms with van der Waals surface area (Å²) in [5, 5.41) is 2.99. The number of aryl methyl sites for hydroxylation is 2. The number of benzene rings is 2. The van der Waals surface area contributed by atoms with E-state index in [1.54, 1.807) is 11.8 Å². The molecule has 0 unspecified atom stereocenters. The maximum Gasteiger partial charge on any atom is 0.230 e. The minimum atomic E-state index is 0.0654. The van der Waals surface area contributed by atoms with Crippen LogP contribution in [-0.2, 0) is 17.9 Å². The molecule has 0 aromatic heterocycles. The number of thioether (sulfide) groups is 1. The van der Waals surface area contributed by atoms with Crippen molar-refractivity contribution in [2.75, 3.05) is 19.8 Å². The van der Waals surface area contributed by atoms with Crippen LogP contribution in [-0.4, -0.2) is 30.7 Å². The van der Waals surface area contributed by atoms with E-state index in [4.69, 9.17) is 0 Å². The van der Waals surface area contributed by atoms with E-state index in [1.807, 2.05) is 0 Å². The van der Waals surface area contributed by atoms with Crippen molar-refractivity contribution in [1.29, 1.82) is 0 Å². The van der Waals surface area contributed by atoms with Crippen molar-refractivity contribution in [1.82, 2.24) is 10.2 Å². The normalized spacial score (nSPS) is 10.9. The van der Waals surface area contributed by atoms with Gasteiger partial charge in [-0.05, 0) is 62.3 Å². The Balaban J connectivity index is 1.77. The molecule has 0 aliphatic heterocycles. The number of carbonyl (C=O) groups excluding carboxylic acids is 1. The van der Waals surface area contributed by atoms with Crippen LogP contribution in [0, 0.1) is 13.8 Å². The lowest BCUT2D eigenvalue weighted by molar-refractivity contribution is -0.118. The summed E-state index contributed by atoms with van der Waals surface area (Å²) in [7, 11) is 4.11. The van der Waals surface area contributed by atoms with Gasteiger partial charge in [-0.3, -0.25) is 4.79 Å². The predicted molar refractivity (Wildman–Crippen MR) is 102 cm³/mol. The van der Waals surface area contributed by atoms with E-state index >= 15 is 0 Å². The minimum absolute atomic E-state index is 0.0654. The molecule has 0 aliphatic rings. The zero-order valence-corrected chi connectivity index (χ0v) is 15.7. The zero-order chi connectivity index (χ0) is 17.5. The van der Waals surface area contributed by atoms with Gasteiger partial charge in [0.25, 0.3) is 0 Å². The van der Waals surface area contributed by atoms with Crippen LogP contribution < -0.4 is 5.32 Å². The minimum Gasteiger partial charge on any atom is -0.351 e. The first-order valence-corrected chi connectivity index (χ1v) is 9.12. The van der Waals surface area contributed by atoms with Gasteiger partial charge in [-0.2, -0.15) is 0 Å². The highest BCUT2D eigenvalue weighted by atomic mass is 32.2. The van der Waals surface area contributed by atoms with Gasteiger partial charge in [-0.1, -0.05) is 30.3 Å². The van der Waals surface area contributed by atoms with Crippen LogP contribution >= 0.6 is 11.8 Å². The fraction of sp³-hybridized carbons (Fsp3) is 0.350. The zero-order valence-electron chi connectivity index (χ0n) is 14.9. The number of amides is 1. The molecule has 0 saturated heterocycles. The molecule has 0 spiro atoms. The summed E-state index contributed by atoms with van der Waals surface area (Å²) < 4.78 is 0. The van der Waals surface area contributed by atoms with Gasteiger partial charge in [0.15, 0.2) is 0 Å². The van der Waals surface area contributed by atoms with Gasteiger partial charge in [0.2, 0.25) is 5.91 Å². The maximum atomic E-state index is 12.0. The van der Waals surface area contributed by atoms with Gasteiger partial charge in [0.05, 0.1) is 5.75 Å². The second-order valence-electron chi connectivity index (χ2n) is 6.37. The van der Waals surface area contributed by atoms with Crippen molar-refractivity contribution in [3.8, 4) is 0 Å². The maximum absolute atomic E-state index is 12.0. The lowest BCUT2D eigenvalue weighted by Gasteiger charge is -2.10. The highest BCUT2D eigenvalue weighted by molar-refractivity contribution is 8.00. The SMILES string of the molecule is Cc1ccc(SCC(=O)NCc2ccc(CN(C)C)cc2)cc1C. The molecule has 0 aliphatic carbocycles. The van der Waals surface area contributed by atoms with E-state index in [0.29, 0.717) is 12.3 Å². The van der Waals surface area contributed by atoms with Crippen LogP contribution in [0.25, 0.3) is 0 Å². The first-order chi connectivity index (χ1) is 11.4. The lowest BCUT2D eigenvalue weighted by atomic mass is 10.1. The van der Waals surface area contributed by atoms with Crippen molar-refractivity contribution < 1.29 is 4.79 Å². The fourth-order valence-corrected chi connectivity index (χ4v) is 3.16. The molecule has 128 valence electrons. The molecule has 0 radical (unpaired) electrons. The number of nitrogens with zero attached hydrogens (tertiary/aromatic N) is 1. The van der Waals surface area contributed by atoms with Gasteiger partial charge in [0.1, 0.15) is 0 Å². The highest BCUT2D eigenvalue weighted by Crippen LogP contribution is 2.20. The smallest absolute Gasteiger partial charge is 0.230 e. The third kappa shape index (κ3) is 6.02. The van der Waals surface area contributed by atoms with Gasteiger partial charge < -0.3 is 10.2 Å². The van der Waals surface area contributed by atoms with Crippen LogP contribution in [0.3, 0.4) is 0 Å². The molecule has 3 nitrogen and oxygen atoms in total. The Morgan fingerprint density at radius 1 is 1.00 bits per heavy atom. The van der Waals surface area contributed by atoms with E-state index < -0.39 is 0 Å². The molecule has 2 aromatic rings. The number of carbonyl (C=O) groups is 1. The number of hydrogen-bond acceptors (Lipinski definition) is 3. The average molecular weight is 343 g/mol. The molecule has 0 atom stereocenters. The second-order valence-corrected chi connectivity index (χ2v) is 7.41. The molecule has 1 N–H and O–H groups in total. The topological polar surface area (TPSA) is 32.3 Å². The van der Waals surface area contributed by atoms with Gasteiger partial charge in [-0.25, -0.2) is 0 Å². The Morgan fingerprint density at radius 3 is 2.29 bits per heavy atom.